The van der Waals surface area contributed by atoms with Crippen LogP contribution < -0.4 is 0 Å². The van der Waals surface area contributed by atoms with Crippen LogP contribution in [0.5, 0.6) is 0 Å². The smallest absolute Gasteiger partial charge is 0.149 e. The van der Waals surface area contributed by atoms with Crippen LogP contribution in [0.15, 0.2) is 36.9 Å². The summed E-state index contributed by atoms with van der Waals surface area (Å²) in [5, 5.41) is 1.17. The van der Waals surface area contributed by atoms with Crippen LogP contribution >= 0.6 is 48.8 Å². The summed E-state index contributed by atoms with van der Waals surface area (Å²) in [6.07, 6.45) is 7.09. The molecule has 0 saturated heterocycles. The SMILES string of the molecule is Br.Cc1ccncc1C(CBr)C(=O)C(CBr)c1cnccc1C. The van der Waals surface area contributed by atoms with E-state index in [1.165, 1.54) is 0 Å². The molecule has 0 aliphatic carbocycles. The molecule has 0 N–H and O–H groups in total. The zero-order valence-electron chi connectivity index (χ0n) is 13.0. The van der Waals surface area contributed by atoms with E-state index in [0.29, 0.717) is 10.7 Å². The van der Waals surface area contributed by atoms with E-state index in [1.807, 2.05) is 26.0 Å². The van der Waals surface area contributed by atoms with Crippen LogP contribution in [0.1, 0.15) is 34.1 Å². The Kier molecular flexibility index (Phi) is 8.58. The lowest BCUT2D eigenvalue weighted by Gasteiger charge is -2.22. The standard InChI is InChI=1S/C17H18Br2N2O.BrH/c1-11-3-5-20-9-15(11)13(7-18)17(22)14(8-19)16-10-21-6-4-12(16)2;/h3-6,9-10,13-14H,7-8H2,1-2H3;1H. The molecule has 2 aromatic heterocycles. The molecule has 6 heteroatoms. The van der Waals surface area contributed by atoms with Crippen molar-refractivity contribution in [2.45, 2.75) is 25.7 Å². The normalized spacial score (nSPS) is 13.0. The van der Waals surface area contributed by atoms with Gasteiger partial charge in [-0.25, -0.2) is 0 Å². The van der Waals surface area contributed by atoms with Crippen molar-refractivity contribution < 1.29 is 4.79 Å². The van der Waals surface area contributed by atoms with Gasteiger partial charge in [0.1, 0.15) is 5.78 Å². The minimum absolute atomic E-state index is 0. The van der Waals surface area contributed by atoms with Crippen molar-refractivity contribution in [3.63, 3.8) is 0 Å². The monoisotopic (exact) mass is 504 g/mol. The Morgan fingerprint density at radius 2 is 1.35 bits per heavy atom. The molecule has 2 aromatic rings. The molecule has 0 spiro atoms. The van der Waals surface area contributed by atoms with E-state index in [0.717, 1.165) is 22.3 Å². The molecule has 2 unspecified atom stereocenters. The first-order chi connectivity index (χ1) is 10.6. The molecule has 2 atom stereocenters. The van der Waals surface area contributed by atoms with Gasteiger partial charge in [0.2, 0.25) is 0 Å². The fraction of sp³-hybridized carbons (Fsp3) is 0.353. The number of alkyl halides is 2. The minimum Gasteiger partial charge on any atom is -0.298 e. The third-order valence-corrected chi connectivity index (χ3v) is 5.20. The van der Waals surface area contributed by atoms with Gasteiger partial charge in [0.15, 0.2) is 0 Å². The Morgan fingerprint density at radius 1 is 0.957 bits per heavy atom. The van der Waals surface area contributed by atoms with Crippen LogP contribution in [-0.2, 0) is 4.79 Å². The summed E-state index contributed by atoms with van der Waals surface area (Å²) in [5.41, 5.74) is 4.14. The molecule has 3 nitrogen and oxygen atoms in total. The summed E-state index contributed by atoms with van der Waals surface area (Å²) in [5.74, 6) is -0.243. The molecule has 0 radical (unpaired) electrons. The van der Waals surface area contributed by atoms with E-state index in [-0.39, 0.29) is 34.6 Å². The van der Waals surface area contributed by atoms with E-state index in [2.05, 4.69) is 41.8 Å². The predicted molar refractivity (Wildman–Crippen MR) is 106 cm³/mol. The Labute approximate surface area is 164 Å². The van der Waals surface area contributed by atoms with E-state index in [1.54, 1.807) is 24.8 Å². The molecule has 0 aromatic carbocycles. The number of pyridine rings is 2. The highest BCUT2D eigenvalue weighted by Gasteiger charge is 2.30. The Hall–Kier alpha value is -0.590. The van der Waals surface area contributed by atoms with Gasteiger partial charge in [-0.1, -0.05) is 31.9 Å². The Balaban J connectivity index is 0.00000264. The Bertz CT molecular complexity index is 608. The van der Waals surface area contributed by atoms with Gasteiger partial charge in [0.25, 0.3) is 0 Å². The zero-order valence-corrected chi connectivity index (χ0v) is 17.9. The van der Waals surface area contributed by atoms with Crippen molar-refractivity contribution in [1.82, 2.24) is 9.97 Å². The second kappa shape index (κ2) is 9.64. The number of rotatable bonds is 6. The van der Waals surface area contributed by atoms with Gasteiger partial charge < -0.3 is 0 Å². The van der Waals surface area contributed by atoms with Crippen LogP contribution in [0.25, 0.3) is 0 Å². The maximum absolute atomic E-state index is 13.1. The number of halogens is 3. The first kappa shape index (κ1) is 20.5. The van der Waals surface area contributed by atoms with Crippen molar-refractivity contribution in [2.24, 2.45) is 0 Å². The minimum atomic E-state index is -0.212. The predicted octanol–water partition coefficient (Wildman–Crippen LogP) is 4.90. The van der Waals surface area contributed by atoms with Gasteiger partial charge in [-0.2, -0.15) is 0 Å². The maximum atomic E-state index is 13.1. The summed E-state index contributed by atoms with van der Waals surface area (Å²) >= 11 is 6.99. The number of nitrogens with zero attached hydrogens (tertiary/aromatic N) is 2. The highest BCUT2D eigenvalue weighted by atomic mass is 79.9. The third kappa shape index (κ3) is 4.70. The molecule has 0 aliphatic heterocycles. The molecule has 0 saturated carbocycles. The Morgan fingerprint density at radius 3 is 1.65 bits per heavy atom. The van der Waals surface area contributed by atoms with Crippen molar-refractivity contribution >= 4 is 54.6 Å². The lowest BCUT2D eigenvalue weighted by molar-refractivity contribution is -0.121. The highest BCUT2D eigenvalue weighted by molar-refractivity contribution is 9.09. The number of carbonyl (C=O) groups is 1. The van der Waals surface area contributed by atoms with Crippen molar-refractivity contribution in [3.8, 4) is 0 Å². The second-order valence-corrected chi connectivity index (χ2v) is 6.58. The van der Waals surface area contributed by atoms with Crippen LogP contribution in [0.3, 0.4) is 0 Å². The first-order valence-corrected chi connectivity index (χ1v) is 9.31. The van der Waals surface area contributed by atoms with Crippen molar-refractivity contribution in [1.29, 1.82) is 0 Å². The number of carbonyl (C=O) groups excluding carboxylic acids is 1. The summed E-state index contributed by atoms with van der Waals surface area (Å²) in [6.45, 7) is 4.02. The molecule has 2 heterocycles. The second-order valence-electron chi connectivity index (χ2n) is 5.28. The fourth-order valence-electron chi connectivity index (χ4n) is 2.55. The summed E-state index contributed by atoms with van der Waals surface area (Å²) in [4.78, 5) is 21.4. The van der Waals surface area contributed by atoms with E-state index in [4.69, 9.17) is 0 Å². The number of Topliss-reactive ketones (excluding diaryl/α,β-unsaturated/α-hetero) is 1. The summed E-state index contributed by atoms with van der Waals surface area (Å²) < 4.78 is 0. The molecule has 23 heavy (non-hydrogen) atoms. The fourth-order valence-corrected chi connectivity index (χ4v) is 3.89. The van der Waals surface area contributed by atoms with E-state index in [9.17, 15) is 4.79 Å². The van der Waals surface area contributed by atoms with Crippen LogP contribution in [0, 0.1) is 13.8 Å². The molecular formula is C17H19Br3N2O. The zero-order chi connectivity index (χ0) is 16.1. The number of aryl methyl sites for hydroxylation is 2. The molecular weight excluding hydrogens is 488 g/mol. The molecule has 2 rings (SSSR count). The maximum Gasteiger partial charge on any atom is 0.149 e. The molecule has 124 valence electrons. The quantitative estimate of drug-likeness (QED) is 0.523. The topological polar surface area (TPSA) is 42.9 Å². The average molecular weight is 507 g/mol. The number of aromatic nitrogens is 2. The third-order valence-electron chi connectivity index (χ3n) is 3.91. The number of hydrogen-bond acceptors (Lipinski definition) is 3. The van der Waals surface area contributed by atoms with Crippen LogP contribution in [0.4, 0.5) is 0 Å². The van der Waals surface area contributed by atoms with Crippen molar-refractivity contribution in [2.75, 3.05) is 10.7 Å². The first-order valence-electron chi connectivity index (χ1n) is 7.06. The lowest BCUT2D eigenvalue weighted by atomic mass is 9.84. The average Bonchev–Trinajstić information content (AvgIpc) is 2.52. The van der Waals surface area contributed by atoms with Gasteiger partial charge in [-0.3, -0.25) is 14.8 Å². The molecule has 0 amide bonds. The molecule has 0 aliphatic rings. The number of hydrogen-bond donors (Lipinski definition) is 0. The van der Waals surface area contributed by atoms with Gasteiger partial charge in [-0.15, -0.1) is 17.0 Å². The van der Waals surface area contributed by atoms with Crippen molar-refractivity contribution in [3.05, 3.63) is 59.2 Å². The molecule has 0 fully saturated rings. The van der Waals surface area contributed by atoms with Gasteiger partial charge in [0, 0.05) is 35.4 Å². The van der Waals surface area contributed by atoms with E-state index >= 15 is 0 Å². The van der Waals surface area contributed by atoms with Crippen LogP contribution in [-0.4, -0.2) is 26.4 Å². The van der Waals surface area contributed by atoms with Gasteiger partial charge in [0.05, 0.1) is 11.8 Å². The van der Waals surface area contributed by atoms with Gasteiger partial charge >= 0.3 is 0 Å². The number of ketones is 1. The lowest BCUT2D eigenvalue weighted by Crippen LogP contribution is -2.24. The summed E-state index contributed by atoms with van der Waals surface area (Å²) in [7, 11) is 0. The van der Waals surface area contributed by atoms with Crippen LogP contribution in [0.2, 0.25) is 0 Å². The van der Waals surface area contributed by atoms with E-state index < -0.39 is 0 Å². The van der Waals surface area contributed by atoms with Gasteiger partial charge in [-0.05, 0) is 48.2 Å². The summed E-state index contributed by atoms with van der Waals surface area (Å²) in [6, 6.07) is 3.88. The molecule has 0 bridgehead atoms. The highest BCUT2D eigenvalue weighted by Crippen LogP contribution is 2.31. The largest absolute Gasteiger partial charge is 0.298 e.